The van der Waals surface area contributed by atoms with Gasteiger partial charge < -0.3 is 10.0 Å². The van der Waals surface area contributed by atoms with Gasteiger partial charge in [0.25, 0.3) is 0 Å². The van der Waals surface area contributed by atoms with E-state index in [1.54, 1.807) is 30.9 Å². The summed E-state index contributed by atoms with van der Waals surface area (Å²) in [5.41, 5.74) is 10.3. The number of hydrogen-bond donors (Lipinski definition) is 2. The maximum absolute atomic E-state index is 9.15. The Labute approximate surface area is 564 Å². The monoisotopic (exact) mass is 1350 g/mol. The number of nitrogens with zero attached hydrogens (tertiary/aromatic N) is 8. The zero-order chi connectivity index (χ0) is 64.2. The van der Waals surface area contributed by atoms with Gasteiger partial charge in [-0.1, -0.05) is 208 Å². The van der Waals surface area contributed by atoms with Crippen molar-refractivity contribution < 1.29 is 10.0 Å². The third kappa shape index (κ3) is 13.4. The third-order valence-corrected chi connectivity index (χ3v) is 17.5. The third-order valence-electron chi connectivity index (χ3n) is 16.6. The van der Waals surface area contributed by atoms with E-state index in [-0.39, 0.29) is 0 Å². The van der Waals surface area contributed by atoms with Crippen molar-refractivity contribution >= 4 is 109 Å². The molecule has 2 N–H and O–H groups in total. The minimum Gasteiger partial charge on any atom is -0.423 e. The minimum atomic E-state index is -1.41. The van der Waals surface area contributed by atoms with Crippen molar-refractivity contribution in [2.75, 3.05) is 0 Å². The van der Waals surface area contributed by atoms with Crippen LogP contribution in [0, 0.1) is 0 Å². The summed E-state index contributed by atoms with van der Waals surface area (Å²) in [5.74, 6) is 3.64. The molecule has 10 nitrogen and oxygen atoms in total. The van der Waals surface area contributed by atoms with Gasteiger partial charge in [0.05, 0.1) is 0 Å². The highest BCUT2D eigenvalue weighted by atomic mass is 79.9. The summed E-state index contributed by atoms with van der Waals surface area (Å²) in [7, 11) is -1.41. The Morgan fingerprint density at radius 3 is 0.905 bits per heavy atom. The summed E-state index contributed by atoms with van der Waals surface area (Å²) >= 11 is 7.05. The van der Waals surface area contributed by atoms with Crippen molar-refractivity contribution in [1.82, 2.24) is 39.9 Å². The van der Waals surface area contributed by atoms with Crippen LogP contribution < -0.4 is 5.46 Å². The molecule has 0 atom stereocenters. The van der Waals surface area contributed by atoms with Crippen LogP contribution in [0.3, 0.4) is 0 Å². The molecule has 13 heteroatoms. The standard InChI is InChI=1S/C48H30N4.C20H12Br2N4.C14H11BO2/c1-2-9-31(10-3-1)46-50-47(40-15-8-20-49-30-40)52-48(51-46)45-28-43(38-18-16-36-21-32-11-4-6-13-34(32)23-41(36)25-38)27-44(29-45)39-19-17-37-22-33-12-5-7-14-35(33)24-42(37)26-39;21-16-9-15(10-17(22)11-16)20-25-18(13-5-2-1-3-6-13)24-19(26-20)14-7-4-8-23-12-14;16-15(17)14-6-5-12-7-10-3-1-2-4-11(10)8-13(12)9-14/h1-30H;1-12H;1-9,16-17H. The van der Waals surface area contributed by atoms with Crippen LogP contribution in [0.2, 0.25) is 0 Å². The lowest BCUT2D eigenvalue weighted by Crippen LogP contribution is -2.29. The summed E-state index contributed by atoms with van der Waals surface area (Å²) in [5, 5.41) is 32.5. The molecule has 17 aromatic rings. The van der Waals surface area contributed by atoms with Crippen LogP contribution in [0.15, 0.2) is 319 Å². The second-order valence-corrected chi connectivity index (χ2v) is 24.8. The number of fused-ring (bicyclic) bond motifs is 6. The smallest absolute Gasteiger partial charge is 0.423 e. The molecule has 0 fully saturated rings. The number of halogens is 2. The Balaban J connectivity index is 0.000000142. The minimum absolute atomic E-state index is 0.521. The fraction of sp³-hybridized carbons (Fsp3) is 0. The van der Waals surface area contributed by atoms with E-state index in [2.05, 4.69) is 203 Å². The quantitative estimate of drug-likeness (QED) is 0.106. The van der Waals surface area contributed by atoms with Crippen molar-refractivity contribution in [3.63, 3.8) is 0 Å². The summed E-state index contributed by atoms with van der Waals surface area (Å²) < 4.78 is 1.90. The molecule has 17 rings (SSSR count). The van der Waals surface area contributed by atoms with Crippen molar-refractivity contribution in [2.24, 2.45) is 0 Å². The van der Waals surface area contributed by atoms with Gasteiger partial charge in [-0.15, -0.1) is 0 Å². The predicted molar refractivity (Wildman–Crippen MR) is 395 cm³/mol. The molecule has 4 heterocycles. The zero-order valence-corrected chi connectivity index (χ0v) is 53.9. The first-order valence-electron chi connectivity index (χ1n) is 30.8. The van der Waals surface area contributed by atoms with Crippen LogP contribution in [0.5, 0.6) is 0 Å². The van der Waals surface area contributed by atoms with Gasteiger partial charge in [0.2, 0.25) is 0 Å². The Hall–Kier alpha value is -11.3. The maximum atomic E-state index is 9.15. The van der Waals surface area contributed by atoms with E-state index in [1.807, 2.05) is 127 Å². The van der Waals surface area contributed by atoms with Gasteiger partial charge in [0.1, 0.15) is 0 Å². The molecule has 0 radical (unpaired) electrons. The second kappa shape index (κ2) is 26.7. The van der Waals surface area contributed by atoms with Crippen LogP contribution in [-0.2, 0) is 0 Å². The van der Waals surface area contributed by atoms with Gasteiger partial charge >= 0.3 is 7.12 Å². The number of aromatic nitrogens is 8. The molecule has 95 heavy (non-hydrogen) atoms. The molecule has 0 aliphatic heterocycles. The molecule has 0 bridgehead atoms. The Kier molecular flexibility index (Phi) is 16.9. The molecule has 450 valence electrons. The molecule has 0 unspecified atom stereocenters. The number of rotatable bonds is 9. The van der Waals surface area contributed by atoms with E-state index in [4.69, 9.17) is 30.0 Å². The van der Waals surface area contributed by atoms with Crippen molar-refractivity contribution in [3.05, 3.63) is 319 Å². The fourth-order valence-corrected chi connectivity index (χ4v) is 13.1. The van der Waals surface area contributed by atoms with Crippen LogP contribution in [-0.4, -0.2) is 57.0 Å². The van der Waals surface area contributed by atoms with Gasteiger partial charge in [-0.3, -0.25) is 9.97 Å². The molecule has 4 aromatic heterocycles. The Morgan fingerprint density at radius 1 is 0.221 bits per heavy atom. The van der Waals surface area contributed by atoms with Crippen LogP contribution >= 0.6 is 31.9 Å². The van der Waals surface area contributed by atoms with Gasteiger partial charge in [-0.05, 0) is 202 Å². The van der Waals surface area contributed by atoms with E-state index < -0.39 is 7.12 Å². The number of pyridine rings is 2. The number of benzene rings is 13. The van der Waals surface area contributed by atoms with E-state index in [1.165, 1.54) is 48.5 Å². The predicted octanol–water partition coefficient (Wildman–Crippen LogP) is 19.7. The molecule has 0 amide bonds. The van der Waals surface area contributed by atoms with Crippen molar-refractivity contribution in [1.29, 1.82) is 0 Å². The molecule has 13 aromatic carbocycles. The van der Waals surface area contributed by atoms with Crippen LogP contribution in [0.25, 0.3) is 155 Å². The maximum Gasteiger partial charge on any atom is 0.488 e. The summed E-state index contributed by atoms with van der Waals surface area (Å²) in [6, 6.07) is 97.7. The molecule has 0 aliphatic rings. The summed E-state index contributed by atoms with van der Waals surface area (Å²) in [6.45, 7) is 0. The van der Waals surface area contributed by atoms with Gasteiger partial charge in [0.15, 0.2) is 34.9 Å². The summed E-state index contributed by atoms with van der Waals surface area (Å²) in [4.78, 5) is 37.7. The second-order valence-electron chi connectivity index (χ2n) is 23.0. The van der Waals surface area contributed by atoms with E-state index in [0.717, 1.165) is 80.7 Å². The molecule has 0 saturated heterocycles. The lowest BCUT2D eigenvalue weighted by molar-refractivity contribution is 0.426. The normalized spacial score (nSPS) is 11.2. The highest BCUT2D eigenvalue weighted by Gasteiger charge is 2.18. The fourth-order valence-electron chi connectivity index (χ4n) is 11.8. The SMILES string of the molecule is Brc1cc(Br)cc(-c2nc(-c3ccccc3)nc(-c3cccnc3)n2)c1.OB(O)c1ccc2cc3ccccc3cc2c1.c1ccc(-c2nc(-c3cccnc3)nc(-c3cc(-c4ccc5cc6ccccc6cc5c4)cc(-c4ccc5cc6ccccc6cc5c4)c3)n2)cc1. The van der Waals surface area contributed by atoms with Gasteiger partial charge in [-0.2, -0.15) is 0 Å². The number of hydrogen-bond acceptors (Lipinski definition) is 10. The van der Waals surface area contributed by atoms with Crippen molar-refractivity contribution in [3.8, 4) is 90.6 Å². The first-order chi connectivity index (χ1) is 46.6. The van der Waals surface area contributed by atoms with E-state index in [0.29, 0.717) is 40.4 Å². The molecule has 0 spiro atoms. The average Bonchev–Trinajstić information content (AvgIpc) is 0.848. The Bertz CT molecular complexity index is 5430. The topological polar surface area (TPSA) is 144 Å². The van der Waals surface area contributed by atoms with Gasteiger partial charge in [-0.25, -0.2) is 29.9 Å². The van der Waals surface area contributed by atoms with Crippen molar-refractivity contribution in [2.45, 2.75) is 0 Å². The average molecular weight is 1350 g/mol. The summed E-state index contributed by atoms with van der Waals surface area (Å²) in [6.07, 6.45) is 7.05. The van der Waals surface area contributed by atoms with Crippen LogP contribution in [0.1, 0.15) is 0 Å². The molecule has 0 aliphatic carbocycles. The molecular formula is C82H53BBr2N8O2. The van der Waals surface area contributed by atoms with Crippen LogP contribution in [0.4, 0.5) is 0 Å². The first kappa shape index (κ1) is 60.0. The van der Waals surface area contributed by atoms with E-state index >= 15 is 0 Å². The highest BCUT2D eigenvalue weighted by Crippen LogP contribution is 2.38. The van der Waals surface area contributed by atoms with E-state index in [9.17, 15) is 0 Å². The lowest BCUT2D eigenvalue weighted by Gasteiger charge is -2.13. The first-order valence-corrected chi connectivity index (χ1v) is 32.4. The largest absolute Gasteiger partial charge is 0.488 e. The molecular weight excluding hydrogens is 1300 g/mol. The highest BCUT2D eigenvalue weighted by molar-refractivity contribution is 9.11. The van der Waals surface area contributed by atoms with Gasteiger partial charge in [0, 0.05) is 67.1 Å². The molecule has 0 saturated carbocycles. The Morgan fingerprint density at radius 2 is 0.526 bits per heavy atom. The zero-order valence-electron chi connectivity index (χ0n) is 50.8. The lowest BCUT2D eigenvalue weighted by atomic mass is 9.79.